The molecule has 1 unspecified atom stereocenters. The van der Waals surface area contributed by atoms with E-state index in [4.69, 9.17) is 5.11 Å². The molecule has 1 atom stereocenters. The average Bonchev–Trinajstić information content (AvgIpc) is 2.81. The van der Waals surface area contributed by atoms with Gasteiger partial charge in [0.15, 0.2) is 6.10 Å². The molecule has 0 saturated carbocycles. The van der Waals surface area contributed by atoms with E-state index in [9.17, 15) is 9.90 Å². The van der Waals surface area contributed by atoms with E-state index in [0.717, 1.165) is 11.1 Å². The van der Waals surface area contributed by atoms with Crippen molar-refractivity contribution in [2.24, 2.45) is 0 Å². The second-order valence-electron chi connectivity index (χ2n) is 3.37. The number of rotatable bonds is 3. The topological polar surface area (TPSA) is 57.5 Å². The van der Waals surface area contributed by atoms with Crippen LogP contribution in [0.25, 0.3) is 11.1 Å². The summed E-state index contributed by atoms with van der Waals surface area (Å²) in [7, 11) is 0. The van der Waals surface area contributed by atoms with Gasteiger partial charge in [-0.15, -0.1) is 0 Å². The highest BCUT2D eigenvalue weighted by Gasteiger charge is 2.15. The van der Waals surface area contributed by atoms with E-state index in [1.807, 2.05) is 29.0 Å². The smallest absolute Gasteiger partial charge is 0.337 e. The van der Waals surface area contributed by atoms with E-state index in [1.54, 1.807) is 23.5 Å². The number of hydrogen-bond donors (Lipinski definition) is 2. The summed E-state index contributed by atoms with van der Waals surface area (Å²) < 4.78 is 0. The monoisotopic (exact) mass is 234 g/mol. The number of carboxylic acids is 1. The van der Waals surface area contributed by atoms with E-state index in [2.05, 4.69) is 0 Å². The molecule has 1 aromatic carbocycles. The molecule has 0 fully saturated rings. The molecule has 16 heavy (non-hydrogen) atoms. The van der Waals surface area contributed by atoms with Crippen LogP contribution in [0.4, 0.5) is 0 Å². The van der Waals surface area contributed by atoms with Gasteiger partial charge in [-0.05, 0) is 33.5 Å². The molecule has 0 spiro atoms. The molecule has 0 bridgehead atoms. The summed E-state index contributed by atoms with van der Waals surface area (Å²) >= 11 is 1.61. The Balaban J connectivity index is 2.26. The molecular formula is C12H10O3S. The van der Waals surface area contributed by atoms with Crippen molar-refractivity contribution in [3.8, 4) is 11.1 Å². The van der Waals surface area contributed by atoms with E-state index in [1.165, 1.54) is 0 Å². The first kappa shape index (κ1) is 10.9. The minimum atomic E-state index is -1.45. The van der Waals surface area contributed by atoms with E-state index in [0.29, 0.717) is 5.56 Å². The molecule has 1 heterocycles. The first-order valence-electron chi connectivity index (χ1n) is 4.72. The van der Waals surface area contributed by atoms with Crippen LogP contribution in [-0.2, 0) is 4.79 Å². The van der Waals surface area contributed by atoms with Crippen molar-refractivity contribution in [2.75, 3.05) is 0 Å². The highest BCUT2D eigenvalue weighted by molar-refractivity contribution is 7.08. The maximum absolute atomic E-state index is 10.6. The van der Waals surface area contributed by atoms with Crippen LogP contribution < -0.4 is 0 Å². The lowest BCUT2D eigenvalue weighted by Gasteiger charge is -2.06. The van der Waals surface area contributed by atoms with Gasteiger partial charge in [0.1, 0.15) is 0 Å². The minimum absolute atomic E-state index is 0.395. The third kappa shape index (κ3) is 2.13. The third-order valence-corrected chi connectivity index (χ3v) is 3.00. The Morgan fingerprint density at radius 2 is 1.81 bits per heavy atom. The van der Waals surface area contributed by atoms with Gasteiger partial charge >= 0.3 is 5.97 Å². The normalized spacial score (nSPS) is 12.3. The zero-order valence-corrected chi connectivity index (χ0v) is 9.15. The Morgan fingerprint density at radius 3 is 2.31 bits per heavy atom. The Labute approximate surface area is 96.6 Å². The van der Waals surface area contributed by atoms with Crippen LogP contribution in [0.1, 0.15) is 11.7 Å². The molecule has 0 amide bonds. The fourth-order valence-corrected chi connectivity index (χ4v) is 2.09. The molecule has 2 aromatic rings. The Hall–Kier alpha value is -1.65. The van der Waals surface area contributed by atoms with E-state index >= 15 is 0 Å². The summed E-state index contributed by atoms with van der Waals surface area (Å²) in [5, 5.41) is 22.0. The number of benzene rings is 1. The van der Waals surface area contributed by atoms with Gasteiger partial charge in [0.05, 0.1) is 0 Å². The number of aliphatic hydroxyl groups excluding tert-OH is 1. The predicted octanol–water partition coefficient (Wildman–Crippen LogP) is 2.53. The fourth-order valence-electron chi connectivity index (χ4n) is 1.43. The van der Waals surface area contributed by atoms with Crippen LogP contribution in [-0.4, -0.2) is 16.2 Å². The third-order valence-electron chi connectivity index (χ3n) is 2.31. The quantitative estimate of drug-likeness (QED) is 0.858. The first-order chi connectivity index (χ1) is 7.68. The number of aliphatic carboxylic acids is 1. The Morgan fingerprint density at radius 1 is 1.12 bits per heavy atom. The minimum Gasteiger partial charge on any atom is -0.479 e. The predicted molar refractivity (Wildman–Crippen MR) is 62.4 cm³/mol. The number of carbonyl (C=O) groups is 1. The maximum Gasteiger partial charge on any atom is 0.337 e. The zero-order valence-electron chi connectivity index (χ0n) is 8.33. The van der Waals surface area contributed by atoms with Gasteiger partial charge < -0.3 is 10.2 Å². The maximum atomic E-state index is 10.6. The molecular weight excluding hydrogens is 224 g/mol. The zero-order chi connectivity index (χ0) is 11.5. The van der Waals surface area contributed by atoms with Gasteiger partial charge in [-0.25, -0.2) is 4.79 Å². The molecule has 0 saturated heterocycles. The van der Waals surface area contributed by atoms with Crippen molar-refractivity contribution in [3.63, 3.8) is 0 Å². The summed E-state index contributed by atoms with van der Waals surface area (Å²) in [6.07, 6.45) is -1.45. The lowest BCUT2D eigenvalue weighted by molar-refractivity contribution is -0.146. The molecule has 82 valence electrons. The van der Waals surface area contributed by atoms with Crippen LogP contribution in [0.3, 0.4) is 0 Å². The molecule has 2 rings (SSSR count). The van der Waals surface area contributed by atoms with Gasteiger partial charge in [-0.2, -0.15) is 11.3 Å². The second kappa shape index (κ2) is 4.47. The number of carboxylic acid groups (broad SMARTS) is 1. The number of thiophene rings is 1. The molecule has 0 aliphatic rings. The van der Waals surface area contributed by atoms with Crippen molar-refractivity contribution in [2.45, 2.75) is 6.10 Å². The van der Waals surface area contributed by atoms with Crippen LogP contribution >= 0.6 is 11.3 Å². The molecule has 3 nitrogen and oxygen atoms in total. The largest absolute Gasteiger partial charge is 0.479 e. The lowest BCUT2D eigenvalue weighted by atomic mass is 10.0. The van der Waals surface area contributed by atoms with Crippen molar-refractivity contribution in [1.82, 2.24) is 0 Å². The SMILES string of the molecule is O=C(O)C(O)c1ccc(-c2ccsc2)cc1. The highest BCUT2D eigenvalue weighted by Crippen LogP contribution is 2.24. The van der Waals surface area contributed by atoms with Crippen molar-refractivity contribution in [1.29, 1.82) is 0 Å². The van der Waals surface area contributed by atoms with Gasteiger partial charge in [-0.1, -0.05) is 24.3 Å². The van der Waals surface area contributed by atoms with E-state index < -0.39 is 12.1 Å². The van der Waals surface area contributed by atoms with Gasteiger partial charge in [0, 0.05) is 0 Å². The number of aliphatic hydroxyl groups is 1. The van der Waals surface area contributed by atoms with Crippen LogP contribution in [0.5, 0.6) is 0 Å². The summed E-state index contributed by atoms with van der Waals surface area (Å²) in [5.41, 5.74) is 2.51. The van der Waals surface area contributed by atoms with Gasteiger partial charge in [0.2, 0.25) is 0 Å². The van der Waals surface area contributed by atoms with Gasteiger partial charge in [0.25, 0.3) is 0 Å². The van der Waals surface area contributed by atoms with Gasteiger partial charge in [-0.3, -0.25) is 0 Å². The van der Waals surface area contributed by atoms with Crippen molar-refractivity contribution in [3.05, 3.63) is 46.7 Å². The molecule has 4 heteroatoms. The second-order valence-corrected chi connectivity index (χ2v) is 4.15. The van der Waals surface area contributed by atoms with Crippen LogP contribution in [0, 0.1) is 0 Å². The van der Waals surface area contributed by atoms with E-state index in [-0.39, 0.29) is 0 Å². The fraction of sp³-hybridized carbons (Fsp3) is 0.0833. The summed E-state index contributed by atoms with van der Waals surface area (Å²) in [5.74, 6) is -1.23. The summed E-state index contributed by atoms with van der Waals surface area (Å²) in [6.45, 7) is 0. The van der Waals surface area contributed by atoms with Crippen molar-refractivity contribution >= 4 is 17.3 Å². The number of hydrogen-bond acceptors (Lipinski definition) is 3. The van der Waals surface area contributed by atoms with Crippen LogP contribution in [0.15, 0.2) is 41.1 Å². The highest BCUT2D eigenvalue weighted by atomic mass is 32.1. The Bertz CT molecular complexity index is 473. The Kier molecular flexibility index (Phi) is 3.03. The molecule has 2 N–H and O–H groups in total. The standard InChI is InChI=1S/C12H10O3S/c13-11(12(14)15)9-3-1-8(2-4-9)10-5-6-16-7-10/h1-7,11,13H,(H,14,15). The molecule has 0 aliphatic heterocycles. The molecule has 0 aliphatic carbocycles. The molecule has 1 aromatic heterocycles. The molecule has 0 radical (unpaired) electrons. The summed E-state index contributed by atoms with van der Waals surface area (Å²) in [6, 6.07) is 8.87. The first-order valence-corrected chi connectivity index (χ1v) is 5.66. The van der Waals surface area contributed by atoms with Crippen LogP contribution in [0.2, 0.25) is 0 Å². The van der Waals surface area contributed by atoms with Crippen molar-refractivity contribution < 1.29 is 15.0 Å². The lowest BCUT2D eigenvalue weighted by Crippen LogP contribution is -2.09. The summed E-state index contributed by atoms with van der Waals surface area (Å²) in [4.78, 5) is 10.6. The average molecular weight is 234 g/mol.